The summed E-state index contributed by atoms with van der Waals surface area (Å²) in [6, 6.07) is 0.532. The molecule has 11 heteroatoms. The second-order valence-corrected chi connectivity index (χ2v) is 5.86. The molecule has 0 aliphatic rings. The minimum Gasteiger partial charge on any atom is -0.364 e. The molecule has 2 aromatic rings. The number of tetrazole rings is 1. The number of nitrogens with zero attached hydrogens (tertiary/aromatic N) is 4. The molecule has 0 fully saturated rings. The molecule has 20 heavy (non-hydrogen) atoms. The molecule has 0 radical (unpaired) electrons. The van der Waals surface area contributed by atoms with E-state index in [9.17, 15) is 13.2 Å². The fourth-order valence-corrected chi connectivity index (χ4v) is 2.90. The van der Waals surface area contributed by atoms with Gasteiger partial charge in [-0.25, -0.2) is 13.1 Å². The van der Waals surface area contributed by atoms with Gasteiger partial charge in [0.15, 0.2) is 5.82 Å². The number of primary amides is 1. The van der Waals surface area contributed by atoms with Gasteiger partial charge in [-0.1, -0.05) is 5.21 Å². The van der Waals surface area contributed by atoms with Crippen LogP contribution in [0.3, 0.4) is 0 Å². The first kappa shape index (κ1) is 14.1. The van der Waals surface area contributed by atoms with E-state index in [1.165, 1.54) is 23.9 Å². The molecule has 0 aliphatic carbocycles. The van der Waals surface area contributed by atoms with Crippen LogP contribution in [0.5, 0.6) is 0 Å². The van der Waals surface area contributed by atoms with Gasteiger partial charge in [0.2, 0.25) is 10.0 Å². The molecular formula is C9H13N7O3S. The number of nitrogens with two attached hydrogens (primary N) is 1. The highest BCUT2D eigenvalue weighted by Gasteiger charge is 2.23. The topological polar surface area (TPSA) is 149 Å². The number of sulfonamides is 1. The standard InChI is InChI=1S/C9H13N7O3S/c1-5(9-11-14-15-12-9)13-20(18,19)6-3-7(8(10)17)16(2)4-6/h3-5,13H,1-2H3,(H2,10,17)(H,11,12,14,15). The van der Waals surface area contributed by atoms with E-state index < -0.39 is 22.0 Å². The number of nitrogens with one attached hydrogen (secondary N) is 2. The molecule has 108 valence electrons. The van der Waals surface area contributed by atoms with Gasteiger partial charge in [-0.05, 0) is 13.0 Å². The van der Waals surface area contributed by atoms with E-state index in [2.05, 4.69) is 25.3 Å². The third kappa shape index (κ3) is 2.67. The molecule has 2 rings (SSSR count). The highest BCUT2D eigenvalue weighted by Crippen LogP contribution is 2.16. The summed E-state index contributed by atoms with van der Waals surface area (Å²) in [5.41, 5.74) is 5.24. The molecule has 0 aromatic carbocycles. The number of aryl methyl sites for hydroxylation is 1. The maximum Gasteiger partial charge on any atom is 0.265 e. The Morgan fingerprint density at radius 2 is 2.25 bits per heavy atom. The van der Waals surface area contributed by atoms with E-state index in [4.69, 9.17) is 5.73 Å². The van der Waals surface area contributed by atoms with E-state index in [1.54, 1.807) is 6.92 Å². The van der Waals surface area contributed by atoms with E-state index in [-0.39, 0.29) is 16.4 Å². The average molecular weight is 299 g/mol. The first-order valence-electron chi connectivity index (χ1n) is 5.53. The zero-order valence-electron chi connectivity index (χ0n) is 10.7. The number of carbonyl (C=O) groups is 1. The zero-order valence-corrected chi connectivity index (χ0v) is 11.5. The number of hydrogen-bond acceptors (Lipinski definition) is 6. The van der Waals surface area contributed by atoms with Crippen molar-refractivity contribution in [2.45, 2.75) is 17.9 Å². The monoisotopic (exact) mass is 299 g/mol. The number of rotatable bonds is 5. The highest BCUT2D eigenvalue weighted by atomic mass is 32.2. The number of amides is 1. The highest BCUT2D eigenvalue weighted by molar-refractivity contribution is 7.89. The first-order chi connectivity index (χ1) is 9.31. The average Bonchev–Trinajstić information content (AvgIpc) is 2.96. The molecular weight excluding hydrogens is 286 g/mol. The van der Waals surface area contributed by atoms with E-state index in [1.807, 2.05) is 0 Å². The van der Waals surface area contributed by atoms with Gasteiger partial charge in [0.25, 0.3) is 5.91 Å². The summed E-state index contributed by atoms with van der Waals surface area (Å²) in [7, 11) is -2.29. The smallest absolute Gasteiger partial charge is 0.265 e. The van der Waals surface area contributed by atoms with Crippen molar-refractivity contribution in [3.05, 3.63) is 23.8 Å². The summed E-state index contributed by atoms with van der Waals surface area (Å²) in [5, 5.41) is 13.0. The molecule has 0 bridgehead atoms. The summed E-state index contributed by atoms with van der Waals surface area (Å²) >= 11 is 0. The van der Waals surface area contributed by atoms with Crippen molar-refractivity contribution < 1.29 is 13.2 Å². The van der Waals surface area contributed by atoms with Gasteiger partial charge in [0, 0.05) is 13.2 Å². The molecule has 10 nitrogen and oxygen atoms in total. The predicted octanol–water partition coefficient (Wildman–Crippen LogP) is -1.32. The third-order valence-corrected chi connectivity index (χ3v) is 4.13. The SMILES string of the molecule is CC(NS(=O)(=O)c1cc(C(N)=O)n(C)c1)c1nn[nH]n1. The van der Waals surface area contributed by atoms with Crippen LogP contribution in [0.1, 0.15) is 29.3 Å². The fraction of sp³-hybridized carbons (Fsp3) is 0.333. The predicted molar refractivity (Wildman–Crippen MR) is 66.8 cm³/mol. The van der Waals surface area contributed by atoms with Crippen molar-refractivity contribution in [2.75, 3.05) is 0 Å². The second kappa shape index (κ2) is 5.02. The van der Waals surface area contributed by atoms with Gasteiger partial charge < -0.3 is 10.3 Å². The van der Waals surface area contributed by atoms with Crippen LogP contribution in [-0.4, -0.2) is 39.5 Å². The minimum absolute atomic E-state index is 0.0656. The summed E-state index contributed by atoms with van der Waals surface area (Å²) in [6.07, 6.45) is 1.30. The number of aromatic amines is 1. The summed E-state index contributed by atoms with van der Waals surface area (Å²) in [6.45, 7) is 1.57. The Kier molecular flexibility index (Phi) is 3.55. The van der Waals surface area contributed by atoms with Crippen molar-refractivity contribution in [1.82, 2.24) is 29.9 Å². The van der Waals surface area contributed by atoms with Gasteiger partial charge in [0.05, 0.1) is 6.04 Å². The van der Waals surface area contributed by atoms with Crippen LogP contribution in [0.4, 0.5) is 0 Å². The Morgan fingerprint density at radius 3 is 2.75 bits per heavy atom. The maximum atomic E-state index is 12.2. The molecule has 1 atom stereocenters. The molecule has 1 amide bonds. The van der Waals surface area contributed by atoms with Crippen LogP contribution >= 0.6 is 0 Å². The molecule has 2 heterocycles. The third-order valence-electron chi connectivity index (χ3n) is 2.62. The summed E-state index contributed by atoms with van der Waals surface area (Å²) in [4.78, 5) is 11.1. The van der Waals surface area contributed by atoms with Crippen LogP contribution < -0.4 is 10.5 Å². The van der Waals surface area contributed by atoms with Crippen LogP contribution in [0, 0.1) is 0 Å². The van der Waals surface area contributed by atoms with Gasteiger partial charge in [-0.15, -0.1) is 10.2 Å². The molecule has 0 saturated heterocycles. The molecule has 2 aromatic heterocycles. The number of H-pyrrole nitrogens is 1. The Labute approximate surface area is 114 Å². The molecule has 0 saturated carbocycles. The second-order valence-electron chi connectivity index (χ2n) is 4.15. The van der Waals surface area contributed by atoms with Gasteiger partial charge in [-0.2, -0.15) is 5.21 Å². The van der Waals surface area contributed by atoms with E-state index in [0.717, 1.165) is 0 Å². The van der Waals surface area contributed by atoms with Crippen molar-refractivity contribution in [2.24, 2.45) is 12.8 Å². The first-order valence-corrected chi connectivity index (χ1v) is 7.01. The number of hydrogen-bond donors (Lipinski definition) is 3. The largest absolute Gasteiger partial charge is 0.364 e. The van der Waals surface area contributed by atoms with Crippen LogP contribution in [-0.2, 0) is 17.1 Å². The quantitative estimate of drug-likeness (QED) is 0.623. The fourth-order valence-electron chi connectivity index (χ4n) is 1.63. The zero-order chi connectivity index (χ0) is 14.9. The lowest BCUT2D eigenvalue weighted by molar-refractivity contribution is 0.0992. The van der Waals surface area contributed by atoms with Gasteiger partial charge >= 0.3 is 0 Å². The van der Waals surface area contributed by atoms with Crippen LogP contribution in [0.2, 0.25) is 0 Å². The number of carbonyl (C=O) groups excluding carboxylic acids is 1. The summed E-state index contributed by atoms with van der Waals surface area (Å²) < 4.78 is 28.0. The van der Waals surface area contributed by atoms with Crippen molar-refractivity contribution >= 4 is 15.9 Å². The summed E-state index contributed by atoms with van der Waals surface area (Å²) in [5.74, 6) is -0.500. The molecule has 0 spiro atoms. The van der Waals surface area contributed by atoms with Gasteiger partial charge in [0.1, 0.15) is 10.6 Å². The Balaban J connectivity index is 2.27. The van der Waals surface area contributed by atoms with Crippen molar-refractivity contribution in [3.8, 4) is 0 Å². The normalized spacial score (nSPS) is 13.3. The maximum absolute atomic E-state index is 12.2. The van der Waals surface area contributed by atoms with E-state index >= 15 is 0 Å². The minimum atomic E-state index is -3.82. The Hall–Kier alpha value is -2.27. The van der Waals surface area contributed by atoms with Crippen LogP contribution in [0.15, 0.2) is 17.2 Å². The van der Waals surface area contributed by atoms with Crippen LogP contribution in [0.25, 0.3) is 0 Å². The van der Waals surface area contributed by atoms with Gasteiger partial charge in [-0.3, -0.25) is 4.79 Å². The Bertz CT molecular complexity index is 719. The molecule has 0 aliphatic heterocycles. The van der Waals surface area contributed by atoms with Crippen molar-refractivity contribution in [3.63, 3.8) is 0 Å². The lowest BCUT2D eigenvalue weighted by Crippen LogP contribution is -2.27. The molecule has 4 N–H and O–H groups in total. The lowest BCUT2D eigenvalue weighted by Gasteiger charge is -2.09. The van der Waals surface area contributed by atoms with E-state index in [0.29, 0.717) is 0 Å². The Morgan fingerprint density at radius 1 is 1.55 bits per heavy atom. The molecule has 1 unspecified atom stereocenters. The number of aromatic nitrogens is 5. The lowest BCUT2D eigenvalue weighted by atomic mass is 10.4. The van der Waals surface area contributed by atoms with Crippen molar-refractivity contribution in [1.29, 1.82) is 0 Å².